The summed E-state index contributed by atoms with van der Waals surface area (Å²) in [6.45, 7) is 9.17. The zero-order valence-electron chi connectivity index (χ0n) is 17.0. The zero-order valence-corrected chi connectivity index (χ0v) is 17.8. The van der Waals surface area contributed by atoms with E-state index in [0.717, 1.165) is 63.8 Å². The molecule has 0 bridgehead atoms. The Morgan fingerprint density at radius 3 is 2.70 bits per heavy atom. The quantitative estimate of drug-likeness (QED) is 0.578. The first-order chi connectivity index (χ1) is 13.1. The Morgan fingerprint density at radius 2 is 2.04 bits per heavy atom. The number of nitrogens with one attached hydrogen (secondary N) is 2. The topological polar surface area (TPSA) is 48.9 Å². The molecule has 0 amide bonds. The third-order valence-electron chi connectivity index (χ3n) is 5.58. The fraction of sp³-hybridized carbons (Fsp3) is 0.667. The predicted octanol–water partition coefficient (Wildman–Crippen LogP) is 3.04. The highest BCUT2D eigenvalue weighted by atomic mass is 32.2. The Morgan fingerprint density at radius 1 is 1.30 bits per heavy atom. The van der Waals surface area contributed by atoms with Crippen LogP contribution in [0.2, 0.25) is 0 Å². The van der Waals surface area contributed by atoms with Gasteiger partial charge in [0.2, 0.25) is 0 Å². The number of rotatable bonds is 6. The van der Waals surface area contributed by atoms with Gasteiger partial charge in [-0.15, -0.1) is 0 Å². The lowest BCUT2D eigenvalue weighted by Gasteiger charge is -2.37. The average Bonchev–Trinajstić information content (AvgIpc) is 3.15. The summed E-state index contributed by atoms with van der Waals surface area (Å²) in [5.74, 6) is 2.07. The Labute approximate surface area is 168 Å². The first kappa shape index (κ1) is 20.3. The van der Waals surface area contributed by atoms with Crippen molar-refractivity contribution < 1.29 is 4.74 Å². The number of aryl methyl sites for hydroxylation is 1. The Bertz CT molecular complexity index is 608. The summed E-state index contributed by atoms with van der Waals surface area (Å²) in [6, 6.07) is 9.26. The second kappa shape index (κ2) is 9.69. The first-order valence-electron chi connectivity index (χ1n) is 10.1. The molecule has 2 saturated heterocycles. The van der Waals surface area contributed by atoms with Crippen LogP contribution in [0.25, 0.3) is 0 Å². The maximum Gasteiger partial charge on any atom is 0.191 e. The van der Waals surface area contributed by atoms with Crippen LogP contribution < -0.4 is 15.5 Å². The third kappa shape index (κ3) is 5.55. The lowest BCUT2D eigenvalue weighted by molar-refractivity contribution is 0.0782. The maximum absolute atomic E-state index is 5.58. The van der Waals surface area contributed by atoms with Crippen molar-refractivity contribution in [3.05, 3.63) is 29.8 Å². The lowest BCUT2D eigenvalue weighted by Crippen LogP contribution is -2.50. The van der Waals surface area contributed by atoms with Crippen molar-refractivity contribution in [1.82, 2.24) is 10.6 Å². The molecule has 5 nitrogen and oxygen atoms in total. The Kier molecular flexibility index (Phi) is 7.30. The second-order valence-corrected chi connectivity index (χ2v) is 9.30. The van der Waals surface area contributed by atoms with E-state index in [-0.39, 0.29) is 4.75 Å². The molecule has 2 fully saturated rings. The van der Waals surface area contributed by atoms with E-state index in [1.165, 1.54) is 11.3 Å². The van der Waals surface area contributed by atoms with Crippen LogP contribution in [0.1, 0.15) is 31.7 Å². The van der Waals surface area contributed by atoms with Crippen molar-refractivity contribution in [2.75, 3.05) is 50.5 Å². The molecule has 1 aromatic rings. The summed E-state index contributed by atoms with van der Waals surface area (Å²) >= 11 is 2.06. The van der Waals surface area contributed by atoms with Gasteiger partial charge in [0.05, 0.1) is 0 Å². The zero-order chi connectivity index (χ0) is 19.1. The molecule has 0 saturated carbocycles. The summed E-state index contributed by atoms with van der Waals surface area (Å²) < 4.78 is 5.85. The summed E-state index contributed by atoms with van der Waals surface area (Å²) in [4.78, 5) is 6.93. The molecule has 3 rings (SSSR count). The number of anilines is 1. The molecule has 0 aromatic heterocycles. The average molecular weight is 391 g/mol. The first-order valence-corrected chi connectivity index (χ1v) is 11.1. The fourth-order valence-electron chi connectivity index (χ4n) is 3.92. The number of hydrogen-bond acceptors (Lipinski definition) is 4. The van der Waals surface area contributed by atoms with Crippen LogP contribution in [-0.4, -0.2) is 62.4 Å². The van der Waals surface area contributed by atoms with Gasteiger partial charge in [-0.2, -0.15) is 11.8 Å². The Hall–Kier alpha value is -1.40. The normalized spacial score (nSPS) is 22.7. The van der Waals surface area contributed by atoms with Crippen LogP contribution in [0.4, 0.5) is 5.69 Å². The van der Waals surface area contributed by atoms with Gasteiger partial charge in [-0.1, -0.05) is 24.6 Å². The number of guanidine groups is 1. The van der Waals surface area contributed by atoms with E-state index in [9.17, 15) is 0 Å². The summed E-state index contributed by atoms with van der Waals surface area (Å²) in [6.07, 6.45) is 3.36. The van der Waals surface area contributed by atoms with Gasteiger partial charge in [0.25, 0.3) is 0 Å². The van der Waals surface area contributed by atoms with Crippen molar-refractivity contribution in [3.8, 4) is 0 Å². The standard InChI is InChI=1S/C21H34N4OS/c1-4-27-21(10-13-26-14-11-21)16-23-20(22-3)24-18-9-12-25(15-18)19-7-5-17(2)6-8-19/h5-8,18H,4,9-16H2,1-3H3,(H2,22,23,24). The van der Waals surface area contributed by atoms with Crippen LogP contribution in [0, 0.1) is 6.92 Å². The molecule has 2 aliphatic rings. The highest BCUT2D eigenvalue weighted by Gasteiger charge is 2.33. The van der Waals surface area contributed by atoms with Crippen LogP contribution in [-0.2, 0) is 4.74 Å². The molecule has 150 valence electrons. The van der Waals surface area contributed by atoms with E-state index in [1.54, 1.807) is 0 Å². The molecule has 0 aliphatic carbocycles. The van der Waals surface area contributed by atoms with Crippen LogP contribution in [0.3, 0.4) is 0 Å². The van der Waals surface area contributed by atoms with Gasteiger partial charge in [-0.25, -0.2) is 0 Å². The molecule has 1 aromatic carbocycles. The van der Waals surface area contributed by atoms with Gasteiger partial charge in [0.1, 0.15) is 0 Å². The molecular weight excluding hydrogens is 356 g/mol. The Balaban J connectivity index is 1.51. The van der Waals surface area contributed by atoms with Gasteiger partial charge in [0.15, 0.2) is 5.96 Å². The lowest BCUT2D eigenvalue weighted by atomic mass is 9.99. The number of thioether (sulfide) groups is 1. The smallest absolute Gasteiger partial charge is 0.191 e. The van der Waals surface area contributed by atoms with E-state index in [2.05, 4.69) is 70.4 Å². The number of benzene rings is 1. The number of nitrogens with zero attached hydrogens (tertiary/aromatic N) is 2. The van der Waals surface area contributed by atoms with Gasteiger partial charge in [-0.05, 0) is 44.1 Å². The van der Waals surface area contributed by atoms with Crippen molar-refractivity contribution in [2.45, 2.75) is 43.9 Å². The van der Waals surface area contributed by atoms with Crippen LogP contribution in [0.5, 0.6) is 0 Å². The van der Waals surface area contributed by atoms with Crippen molar-refractivity contribution in [1.29, 1.82) is 0 Å². The highest BCUT2D eigenvalue weighted by molar-refractivity contribution is 8.00. The number of hydrogen-bond donors (Lipinski definition) is 2. The van der Waals surface area contributed by atoms with Gasteiger partial charge < -0.3 is 20.3 Å². The molecule has 0 radical (unpaired) electrons. The minimum atomic E-state index is 0.272. The van der Waals surface area contributed by atoms with Crippen LogP contribution in [0.15, 0.2) is 29.3 Å². The molecule has 2 aliphatic heterocycles. The van der Waals surface area contributed by atoms with Crippen LogP contribution >= 0.6 is 11.8 Å². The predicted molar refractivity (Wildman–Crippen MR) is 117 cm³/mol. The van der Waals surface area contributed by atoms with Crippen molar-refractivity contribution in [3.63, 3.8) is 0 Å². The van der Waals surface area contributed by atoms with E-state index in [0.29, 0.717) is 6.04 Å². The molecule has 2 heterocycles. The summed E-state index contributed by atoms with van der Waals surface area (Å²) in [7, 11) is 1.87. The molecule has 1 atom stereocenters. The highest BCUT2D eigenvalue weighted by Crippen LogP contribution is 2.34. The largest absolute Gasteiger partial charge is 0.381 e. The van der Waals surface area contributed by atoms with E-state index in [1.807, 2.05) is 7.05 Å². The monoisotopic (exact) mass is 390 g/mol. The number of ether oxygens (including phenoxy) is 1. The van der Waals surface area contributed by atoms with Gasteiger partial charge >= 0.3 is 0 Å². The minimum absolute atomic E-state index is 0.272. The second-order valence-electron chi connectivity index (χ2n) is 7.57. The molecule has 0 spiro atoms. The molecule has 2 N–H and O–H groups in total. The molecule has 1 unspecified atom stereocenters. The maximum atomic E-state index is 5.58. The van der Waals surface area contributed by atoms with Gasteiger partial charge in [-0.3, -0.25) is 4.99 Å². The van der Waals surface area contributed by atoms with Crippen molar-refractivity contribution >= 4 is 23.4 Å². The fourth-order valence-corrected chi connectivity index (χ4v) is 5.16. The van der Waals surface area contributed by atoms with E-state index in [4.69, 9.17) is 4.74 Å². The summed E-state index contributed by atoms with van der Waals surface area (Å²) in [5, 5.41) is 7.23. The minimum Gasteiger partial charge on any atom is -0.381 e. The summed E-state index contributed by atoms with van der Waals surface area (Å²) in [5.41, 5.74) is 2.62. The molecular formula is C21H34N4OS. The molecule has 6 heteroatoms. The van der Waals surface area contributed by atoms with E-state index < -0.39 is 0 Å². The van der Waals surface area contributed by atoms with Gasteiger partial charge in [0, 0.05) is 56.4 Å². The third-order valence-corrected chi connectivity index (χ3v) is 7.04. The van der Waals surface area contributed by atoms with Crippen molar-refractivity contribution in [2.24, 2.45) is 4.99 Å². The molecule has 27 heavy (non-hydrogen) atoms. The number of aliphatic imine (C=N–C) groups is 1. The van der Waals surface area contributed by atoms with E-state index >= 15 is 0 Å². The SMILES string of the molecule is CCSC1(CNC(=NC)NC2CCN(c3ccc(C)cc3)C2)CCOCC1.